The van der Waals surface area contributed by atoms with Gasteiger partial charge < -0.3 is 15.8 Å². The van der Waals surface area contributed by atoms with Gasteiger partial charge in [-0.05, 0) is 50.8 Å². The molecule has 2 aliphatic heterocycles. The molecule has 4 rings (SSSR count). The third-order valence-corrected chi connectivity index (χ3v) is 5.89. The van der Waals surface area contributed by atoms with Gasteiger partial charge in [-0.3, -0.25) is 14.7 Å². The second kappa shape index (κ2) is 8.02. The van der Waals surface area contributed by atoms with Crippen molar-refractivity contribution in [2.75, 3.05) is 18.5 Å². The fraction of sp³-hybridized carbons (Fsp3) is 0.455. The number of amides is 1. The Morgan fingerprint density at radius 3 is 2.63 bits per heavy atom. The first-order valence-corrected chi connectivity index (χ1v) is 10.3. The Bertz CT molecular complexity index is 968. The molecule has 2 aromatic rings. The van der Waals surface area contributed by atoms with Gasteiger partial charge in [0.1, 0.15) is 5.82 Å². The molecule has 2 aliphatic rings. The molecule has 1 aromatic carbocycles. The number of nitrogens with zero attached hydrogens (tertiary/aromatic N) is 4. The Kier molecular flexibility index (Phi) is 5.42. The van der Waals surface area contributed by atoms with Crippen LogP contribution in [-0.4, -0.2) is 46.0 Å². The molecule has 3 N–H and O–H groups in total. The average Bonchev–Trinajstić information content (AvgIpc) is 2.71. The van der Waals surface area contributed by atoms with E-state index in [0.717, 1.165) is 35.3 Å². The summed E-state index contributed by atoms with van der Waals surface area (Å²) in [4.78, 5) is 28.2. The third kappa shape index (κ3) is 3.87. The Hall–Kier alpha value is -3.00. The van der Waals surface area contributed by atoms with Crippen LogP contribution in [0.4, 0.5) is 11.5 Å². The largest absolute Gasteiger partial charge is 0.381 e. The highest BCUT2D eigenvalue weighted by molar-refractivity contribution is 5.99. The number of hydrogen-bond donors (Lipinski definition) is 2. The average molecular weight is 409 g/mol. The maximum Gasteiger partial charge on any atom is 0.232 e. The van der Waals surface area contributed by atoms with Gasteiger partial charge in [0.05, 0.1) is 30.0 Å². The van der Waals surface area contributed by atoms with E-state index in [9.17, 15) is 4.79 Å². The zero-order valence-corrected chi connectivity index (χ0v) is 17.7. The quantitative estimate of drug-likeness (QED) is 0.806. The number of nitrogens with one attached hydrogen (secondary N) is 1. The first kappa shape index (κ1) is 20.3. The topological polar surface area (TPSA) is 106 Å². The summed E-state index contributed by atoms with van der Waals surface area (Å²) in [5.41, 5.74) is 9.34. The van der Waals surface area contributed by atoms with E-state index in [1.165, 1.54) is 0 Å². The van der Waals surface area contributed by atoms with E-state index in [0.29, 0.717) is 25.0 Å². The van der Waals surface area contributed by atoms with Crippen molar-refractivity contribution in [1.82, 2.24) is 14.9 Å². The van der Waals surface area contributed by atoms with E-state index < -0.39 is 5.54 Å². The minimum absolute atomic E-state index is 0.0130. The van der Waals surface area contributed by atoms with Crippen molar-refractivity contribution in [3.63, 3.8) is 0 Å². The van der Waals surface area contributed by atoms with Crippen molar-refractivity contribution in [2.24, 2.45) is 10.7 Å². The lowest BCUT2D eigenvalue weighted by molar-refractivity contribution is -0.132. The highest BCUT2D eigenvalue weighted by Crippen LogP contribution is 2.38. The summed E-state index contributed by atoms with van der Waals surface area (Å²) in [6.45, 7) is 7.18. The Morgan fingerprint density at radius 1 is 1.20 bits per heavy atom. The molecule has 8 heteroatoms. The normalized spacial score (nSPS) is 22.7. The van der Waals surface area contributed by atoms with Gasteiger partial charge in [0.25, 0.3) is 0 Å². The lowest BCUT2D eigenvalue weighted by atomic mass is 9.84. The lowest BCUT2D eigenvalue weighted by Gasteiger charge is -2.41. The van der Waals surface area contributed by atoms with Crippen LogP contribution in [0, 0.1) is 13.8 Å². The van der Waals surface area contributed by atoms with E-state index >= 15 is 0 Å². The molecule has 1 fully saturated rings. The van der Waals surface area contributed by atoms with Gasteiger partial charge in [0, 0.05) is 24.9 Å². The van der Waals surface area contributed by atoms with Crippen molar-refractivity contribution in [1.29, 1.82) is 0 Å². The smallest absolute Gasteiger partial charge is 0.232 e. The van der Waals surface area contributed by atoms with Gasteiger partial charge in [-0.25, -0.2) is 9.98 Å². The molecule has 1 saturated heterocycles. The summed E-state index contributed by atoms with van der Waals surface area (Å²) in [6.07, 6.45) is 5.27. The van der Waals surface area contributed by atoms with Gasteiger partial charge in [0.2, 0.25) is 5.91 Å². The standard InChI is InChI=1S/C22H28N6O2/c1-14-12-25-19(13-24-14)26-18-6-4-5-17(15(18)2)22(3)11-20(29)28(21(23)27-22)16-7-9-30-10-8-16/h4-6,12-13,16H,7-11H2,1-3H3,(H2,23,27)(H,25,26)/t22-/m0/s1. The zero-order chi connectivity index (χ0) is 21.3. The fourth-order valence-corrected chi connectivity index (χ4v) is 4.29. The number of rotatable bonds is 4. The molecule has 30 heavy (non-hydrogen) atoms. The van der Waals surface area contributed by atoms with Gasteiger partial charge in [0.15, 0.2) is 5.96 Å². The molecule has 0 radical (unpaired) electrons. The predicted octanol–water partition coefficient (Wildman–Crippen LogP) is 2.78. The van der Waals surface area contributed by atoms with Gasteiger partial charge in [-0.1, -0.05) is 12.1 Å². The van der Waals surface area contributed by atoms with Crippen LogP contribution < -0.4 is 11.1 Å². The molecule has 0 saturated carbocycles. The molecular weight excluding hydrogens is 380 g/mol. The van der Waals surface area contributed by atoms with Crippen molar-refractivity contribution in [2.45, 2.75) is 51.6 Å². The number of carbonyl (C=O) groups is 1. The van der Waals surface area contributed by atoms with E-state index in [-0.39, 0.29) is 18.4 Å². The first-order valence-electron chi connectivity index (χ1n) is 10.3. The number of benzene rings is 1. The minimum Gasteiger partial charge on any atom is -0.381 e. The van der Waals surface area contributed by atoms with E-state index in [1.807, 2.05) is 39.0 Å². The first-order chi connectivity index (χ1) is 14.4. The number of nitrogens with two attached hydrogens (primary N) is 1. The summed E-state index contributed by atoms with van der Waals surface area (Å²) in [6, 6.07) is 6.01. The highest BCUT2D eigenvalue weighted by atomic mass is 16.5. The SMILES string of the molecule is Cc1cnc(Nc2cccc([C@]3(C)CC(=O)N(C4CCOCC4)C(N)=N3)c2C)cn1. The maximum atomic E-state index is 13.1. The van der Waals surface area contributed by atoms with Crippen LogP contribution in [-0.2, 0) is 15.1 Å². The van der Waals surface area contributed by atoms with Crippen LogP contribution in [0.5, 0.6) is 0 Å². The molecule has 158 valence electrons. The molecule has 8 nitrogen and oxygen atoms in total. The Morgan fingerprint density at radius 2 is 1.97 bits per heavy atom. The Labute approximate surface area is 176 Å². The third-order valence-electron chi connectivity index (χ3n) is 5.89. The van der Waals surface area contributed by atoms with Crippen LogP contribution in [0.15, 0.2) is 35.6 Å². The number of guanidine groups is 1. The summed E-state index contributed by atoms with van der Waals surface area (Å²) < 4.78 is 5.42. The number of aliphatic imine (C=N–C) groups is 1. The van der Waals surface area contributed by atoms with Gasteiger partial charge in [-0.15, -0.1) is 0 Å². The Balaban J connectivity index is 1.63. The molecular formula is C22H28N6O2. The predicted molar refractivity (Wildman–Crippen MR) is 116 cm³/mol. The number of aryl methyl sites for hydroxylation is 1. The second-order valence-electron chi connectivity index (χ2n) is 8.17. The molecule has 3 heterocycles. The van der Waals surface area contributed by atoms with Crippen LogP contribution in [0.1, 0.15) is 43.0 Å². The molecule has 1 atom stereocenters. The van der Waals surface area contributed by atoms with E-state index in [1.54, 1.807) is 17.3 Å². The fourth-order valence-electron chi connectivity index (χ4n) is 4.29. The van der Waals surface area contributed by atoms with Crippen LogP contribution >= 0.6 is 0 Å². The van der Waals surface area contributed by atoms with Gasteiger partial charge in [-0.2, -0.15) is 0 Å². The molecule has 0 unspecified atom stereocenters. The summed E-state index contributed by atoms with van der Waals surface area (Å²) in [7, 11) is 0. The number of aromatic nitrogens is 2. The maximum absolute atomic E-state index is 13.1. The highest BCUT2D eigenvalue weighted by Gasteiger charge is 2.41. The monoisotopic (exact) mass is 408 g/mol. The molecule has 1 aromatic heterocycles. The van der Waals surface area contributed by atoms with Crippen LogP contribution in [0.2, 0.25) is 0 Å². The van der Waals surface area contributed by atoms with Crippen LogP contribution in [0.3, 0.4) is 0 Å². The summed E-state index contributed by atoms with van der Waals surface area (Å²) in [5.74, 6) is 0.973. The molecule has 0 spiro atoms. The van der Waals surface area contributed by atoms with Crippen LogP contribution in [0.25, 0.3) is 0 Å². The van der Waals surface area contributed by atoms with Crippen molar-refractivity contribution in [3.05, 3.63) is 47.4 Å². The number of carbonyl (C=O) groups excluding carboxylic acids is 1. The second-order valence-corrected chi connectivity index (χ2v) is 8.17. The number of anilines is 2. The molecule has 0 bridgehead atoms. The summed E-state index contributed by atoms with van der Waals surface area (Å²) >= 11 is 0. The summed E-state index contributed by atoms with van der Waals surface area (Å²) in [5, 5.41) is 3.32. The van der Waals surface area contributed by atoms with Gasteiger partial charge >= 0.3 is 0 Å². The number of hydrogen-bond acceptors (Lipinski definition) is 7. The molecule has 0 aliphatic carbocycles. The zero-order valence-electron chi connectivity index (χ0n) is 17.7. The van der Waals surface area contributed by atoms with E-state index in [4.69, 9.17) is 15.5 Å². The van der Waals surface area contributed by atoms with Crippen molar-refractivity contribution >= 4 is 23.4 Å². The van der Waals surface area contributed by atoms with E-state index in [2.05, 4.69) is 15.3 Å². The number of ether oxygens (including phenoxy) is 1. The lowest BCUT2D eigenvalue weighted by Crippen LogP contribution is -2.55. The van der Waals surface area contributed by atoms with Crippen molar-refractivity contribution < 1.29 is 9.53 Å². The minimum atomic E-state index is -0.719. The molecule has 1 amide bonds. The van der Waals surface area contributed by atoms with Crippen molar-refractivity contribution in [3.8, 4) is 0 Å².